The van der Waals surface area contributed by atoms with Gasteiger partial charge in [0, 0.05) is 19.2 Å². The molecule has 1 heterocycles. The average Bonchev–Trinajstić information content (AvgIpc) is 2.55. The third kappa shape index (κ3) is 3.61. The van der Waals surface area contributed by atoms with Gasteiger partial charge in [0.15, 0.2) is 0 Å². The van der Waals surface area contributed by atoms with Crippen molar-refractivity contribution in [3.8, 4) is 0 Å². The van der Waals surface area contributed by atoms with E-state index in [1.807, 2.05) is 0 Å². The number of carbonyl (C=O) groups excluding carboxylic acids is 2. The van der Waals surface area contributed by atoms with Crippen LogP contribution in [0.15, 0.2) is 18.2 Å². The Balaban J connectivity index is 2.29. The lowest BCUT2D eigenvalue weighted by Crippen LogP contribution is -2.53. The van der Waals surface area contributed by atoms with Gasteiger partial charge in [0.2, 0.25) is 5.91 Å². The van der Waals surface area contributed by atoms with Gasteiger partial charge in [0.25, 0.3) is 5.91 Å². The van der Waals surface area contributed by atoms with Crippen molar-refractivity contribution in [3.63, 3.8) is 0 Å². The molecule has 2 atom stereocenters. The lowest BCUT2D eigenvalue weighted by atomic mass is 9.91. The molecule has 0 aliphatic carbocycles. The molecule has 0 saturated carbocycles. The maximum absolute atomic E-state index is 13.2. The highest BCUT2D eigenvalue weighted by molar-refractivity contribution is 6.31. The largest absolute Gasteiger partial charge is 0.480 e. The standard InChI is InChI=1S/C15H16ClFN2O4/c1-18-13(20)9-3-5-12(15(22)23)19(7-9)14(21)8-2-4-11(17)10(16)6-8/h2,4,6,9,12H,3,5,7H2,1H3,(H,18,20)(H,22,23)/t9-,12-/m0/s1. The Morgan fingerprint density at radius 3 is 2.61 bits per heavy atom. The number of amides is 2. The highest BCUT2D eigenvalue weighted by Crippen LogP contribution is 2.26. The van der Waals surface area contributed by atoms with Gasteiger partial charge in [-0.2, -0.15) is 0 Å². The van der Waals surface area contributed by atoms with Gasteiger partial charge in [-0.25, -0.2) is 9.18 Å². The van der Waals surface area contributed by atoms with E-state index in [0.717, 1.165) is 17.0 Å². The Morgan fingerprint density at radius 1 is 1.35 bits per heavy atom. The van der Waals surface area contributed by atoms with E-state index in [-0.39, 0.29) is 29.5 Å². The van der Waals surface area contributed by atoms with Crippen molar-refractivity contribution in [1.29, 1.82) is 0 Å². The van der Waals surface area contributed by atoms with Crippen LogP contribution < -0.4 is 5.32 Å². The summed E-state index contributed by atoms with van der Waals surface area (Å²) in [6.45, 7) is -0.00946. The lowest BCUT2D eigenvalue weighted by molar-refractivity contribution is -0.145. The second-order valence-electron chi connectivity index (χ2n) is 5.33. The summed E-state index contributed by atoms with van der Waals surface area (Å²) in [4.78, 5) is 36.9. The fourth-order valence-electron chi connectivity index (χ4n) is 2.67. The minimum atomic E-state index is -1.14. The smallest absolute Gasteiger partial charge is 0.326 e. The molecule has 1 aromatic carbocycles. The summed E-state index contributed by atoms with van der Waals surface area (Å²) >= 11 is 5.67. The Hall–Kier alpha value is -2.15. The van der Waals surface area contributed by atoms with E-state index in [0.29, 0.717) is 6.42 Å². The van der Waals surface area contributed by atoms with Crippen LogP contribution in [0.5, 0.6) is 0 Å². The van der Waals surface area contributed by atoms with Crippen molar-refractivity contribution in [3.05, 3.63) is 34.6 Å². The van der Waals surface area contributed by atoms with E-state index in [9.17, 15) is 23.9 Å². The molecule has 0 spiro atoms. The second-order valence-corrected chi connectivity index (χ2v) is 5.74. The van der Waals surface area contributed by atoms with E-state index in [1.54, 1.807) is 0 Å². The molecule has 124 valence electrons. The molecule has 6 nitrogen and oxygen atoms in total. The quantitative estimate of drug-likeness (QED) is 0.872. The van der Waals surface area contributed by atoms with Gasteiger partial charge in [-0.15, -0.1) is 0 Å². The van der Waals surface area contributed by atoms with Gasteiger partial charge < -0.3 is 15.3 Å². The van der Waals surface area contributed by atoms with Gasteiger partial charge in [0.05, 0.1) is 10.9 Å². The highest BCUT2D eigenvalue weighted by atomic mass is 35.5. The van der Waals surface area contributed by atoms with Gasteiger partial charge >= 0.3 is 5.97 Å². The Kier molecular flexibility index (Phi) is 5.20. The van der Waals surface area contributed by atoms with Crippen LogP contribution in [-0.2, 0) is 9.59 Å². The maximum Gasteiger partial charge on any atom is 0.326 e. The molecule has 1 aromatic rings. The number of carboxylic acids is 1. The predicted molar refractivity (Wildman–Crippen MR) is 80.7 cm³/mol. The molecule has 23 heavy (non-hydrogen) atoms. The number of hydrogen-bond donors (Lipinski definition) is 2. The zero-order valence-corrected chi connectivity index (χ0v) is 13.1. The van der Waals surface area contributed by atoms with Crippen LogP contribution in [0.4, 0.5) is 4.39 Å². The van der Waals surface area contributed by atoms with Crippen LogP contribution in [0.2, 0.25) is 5.02 Å². The molecule has 8 heteroatoms. The predicted octanol–water partition coefficient (Wildman–Crippen LogP) is 1.53. The summed E-state index contributed by atoms with van der Waals surface area (Å²) < 4.78 is 13.2. The number of halogens is 2. The fraction of sp³-hybridized carbons (Fsp3) is 0.400. The van der Waals surface area contributed by atoms with Gasteiger partial charge in [-0.1, -0.05) is 11.6 Å². The number of carbonyl (C=O) groups is 3. The minimum Gasteiger partial charge on any atom is -0.480 e. The number of likely N-dealkylation sites (tertiary alicyclic amines) is 1. The van der Waals surface area contributed by atoms with Crippen molar-refractivity contribution in [2.75, 3.05) is 13.6 Å². The van der Waals surface area contributed by atoms with E-state index in [2.05, 4.69) is 5.32 Å². The summed E-state index contributed by atoms with van der Waals surface area (Å²) in [5.74, 6) is -3.12. The number of nitrogens with zero attached hydrogens (tertiary/aromatic N) is 1. The number of carboxylic acid groups (broad SMARTS) is 1. The number of rotatable bonds is 3. The van der Waals surface area contributed by atoms with E-state index in [1.165, 1.54) is 13.1 Å². The third-order valence-corrected chi connectivity index (χ3v) is 4.20. The SMILES string of the molecule is CNC(=O)[C@H]1CC[C@@H](C(=O)O)N(C(=O)c2ccc(F)c(Cl)c2)C1. The van der Waals surface area contributed by atoms with Crippen LogP contribution in [0.25, 0.3) is 0 Å². The topological polar surface area (TPSA) is 86.7 Å². The molecule has 0 radical (unpaired) electrons. The maximum atomic E-state index is 13.2. The van der Waals surface area contributed by atoms with Crippen LogP contribution >= 0.6 is 11.6 Å². The molecular weight excluding hydrogens is 327 g/mol. The van der Waals surface area contributed by atoms with Crippen molar-refractivity contribution >= 4 is 29.4 Å². The molecule has 1 fully saturated rings. The number of hydrogen-bond acceptors (Lipinski definition) is 3. The number of piperidine rings is 1. The van der Waals surface area contributed by atoms with Crippen molar-refractivity contribution in [2.24, 2.45) is 5.92 Å². The Labute approximate surface area is 137 Å². The first-order valence-electron chi connectivity index (χ1n) is 7.05. The van der Waals surface area contributed by atoms with Crippen LogP contribution in [0.3, 0.4) is 0 Å². The zero-order chi connectivity index (χ0) is 17.1. The molecular formula is C15H16ClFN2O4. The van der Waals surface area contributed by atoms with Gasteiger partial charge in [0.1, 0.15) is 11.9 Å². The summed E-state index contributed by atoms with van der Waals surface area (Å²) in [5.41, 5.74) is 0.0835. The fourth-order valence-corrected chi connectivity index (χ4v) is 2.85. The zero-order valence-electron chi connectivity index (χ0n) is 12.4. The molecule has 2 rings (SSSR count). The summed E-state index contributed by atoms with van der Waals surface area (Å²) in [6.07, 6.45) is 0.554. The van der Waals surface area contributed by atoms with Crippen molar-refractivity contribution < 1.29 is 23.9 Å². The van der Waals surface area contributed by atoms with Crippen molar-refractivity contribution in [1.82, 2.24) is 10.2 Å². The average molecular weight is 343 g/mol. The van der Waals surface area contributed by atoms with E-state index < -0.39 is 29.7 Å². The molecule has 1 aliphatic rings. The monoisotopic (exact) mass is 342 g/mol. The number of aliphatic carboxylic acids is 1. The number of benzene rings is 1. The Bertz CT molecular complexity index is 652. The van der Waals surface area contributed by atoms with E-state index >= 15 is 0 Å². The normalized spacial score (nSPS) is 20.9. The first kappa shape index (κ1) is 17.2. The summed E-state index contributed by atoms with van der Waals surface area (Å²) in [5, 5.41) is 11.6. The van der Waals surface area contributed by atoms with Gasteiger partial charge in [-0.05, 0) is 31.0 Å². The highest BCUT2D eigenvalue weighted by Gasteiger charge is 2.38. The first-order valence-corrected chi connectivity index (χ1v) is 7.43. The first-order chi connectivity index (χ1) is 10.8. The molecule has 1 saturated heterocycles. The molecule has 2 N–H and O–H groups in total. The van der Waals surface area contributed by atoms with Crippen LogP contribution in [0.1, 0.15) is 23.2 Å². The minimum absolute atomic E-state index is 0.00946. The summed E-state index contributed by atoms with van der Waals surface area (Å²) in [6, 6.07) is 2.42. The molecule has 0 bridgehead atoms. The lowest BCUT2D eigenvalue weighted by Gasteiger charge is -2.36. The number of nitrogens with one attached hydrogen (secondary N) is 1. The molecule has 0 aromatic heterocycles. The molecule has 2 amide bonds. The molecule has 0 unspecified atom stereocenters. The van der Waals surface area contributed by atoms with Gasteiger partial charge in [-0.3, -0.25) is 9.59 Å². The third-order valence-electron chi connectivity index (χ3n) is 3.91. The van der Waals surface area contributed by atoms with E-state index in [4.69, 9.17) is 11.6 Å². The van der Waals surface area contributed by atoms with Crippen molar-refractivity contribution in [2.45, 2.75) is 18.9 Å². The second kappa shape index (κ2) is 6.95. The summed E-state index contributed by atoms with van der Waals surface area (Å²) in [7, 11) is 1.48. The van der Waals surface area contributed by atoms with Crippen LogP contribution in [-0.4, -0.2) is 47.4 Å². The Morgan fingerprint density at radius 2 is 2.04 bits per heavy atom. The van der Waals surface area contributed by atoms with Crippen LogP contribution in [0, 0.1) is 11.7 Å². The molecule has 1 aliphatic heterocycles.